The molecule has 1 atom stereocenters. The molecule has 0 amide bonds. The van der Waals surface area contributed by atoms with Crippen LogP contribution in [0.5, 0.6) is 0 Å². The minimum Gasteiger partial charge on any atom is -0.369 e. The van der Waals surface area contributed by atoms with Crippen LogP contribution in [0.25, 0.3) is 0 Å². The zero-order valence-corrected chi connectivity index (χ0v) is 16.7. The molecular weight excluding hydrogens is 332 g/mol. The van der Waals surface area contributed by atoms with E-state index >= 15 is 0 Å². The number of piperazine rings is 1. The maximum absolute atomic E-state index is 5.97. The van der Waals surface area contributed by atoms with E-state index in [1.807, 2.05) is 0 Å². The van der Waals surface area contributed by atoms with Crippen LogP contribution in [0.3, 0.4) is 0 Å². The van der Waals surface area contributed by atoms with E-state index in [1.165, 1.54) is 50.3 Å². The van der Waals surface area contributed by atoms with Gasteiger partial charge in [-0.3, -0.25) is 9.80 Å². The highest BCUT2D eigenvalue weighted by Gasteiger charge is 2.32. The van der Waals surface area contributed by atoms with Crippen LogP contribution < -0.4 is 10.6 Å². The Morgan fingerprint density at radius 2 is 1.76 bits per heavy atom. The molecule has 1 aromatic carbocycles. The van der Waals surface area contributed by atoms with E-state index < -0.39 is 0 Å². The first-order chi connectivity index (χ1) is 11.6. The Hall–Kier alpha value is -0.810. The molecule has 0 aliphatic carbocycles. The van der Waals surface area contributed by atoms with Crippen molar-refractivity contribution in [2.24, 2.45) is 11.1 Å². The Labute approximate surface area is 159 Å². The number of hydrogen-bond acceptors (Lipinski definition) is 4. The molecule has 25 heavy (non-hydrogen) atoms. The van der Waals surface area contributed by atoms with Crippen LogP contribution in [0.15, 0.2) is 24.3 Å². The quantitative estimate of drug-likeness (QED) is 0.839. The third kappa shape index (κ3) is 5.10. The molecule has 0 saturated carbocycles. The molecular formula is C20H35ClN4. The first-order valence-electron chi connectivity index (χ1n) is 9.61. The van der Waals surface area contributed by atoms with Gasteiger partial charge in [0, 0.05) is 45.0 Å². The van der Waals surface area contributed by atoms with Gasteiger partial charge in [-0.2, -0.15) is 0 Å². The van der Waals surface area contributed by atoms with Crippen molar-refractivity contribution in [1.29, 1.82) is 0 Å². The van der Waals surface area contributed by atoms with E-state index in [2.05, 4.69) is 52.8 Å². The number of halogens is 1. The van der Waals surface area contributed by atoms with Crippen LogP contribution in [0, 0.1) is 5.41 Å². The van der Waals surface area contributed by atoms with E-state index in [-0.39, 0.29) is 12.4 Å². The second kappa shape index (κ2) is 9.22. The highest BCUT2D eigenvalue weighted by Crippen LogP contribution is 2.31. The Morgan fingerprint density at radius 3 is 2.40 bits per heavy atom. The summed E-state index contributed by atoms with van der Waals surface area (Å²) < 4.78 is 0. The van der Waals surface area contributed by atoms with E-state index in [0.717, 1.165) is 32.7 Å². The number of rotatable bonds is 6. The molecule has 2 heterocycles. The normalized spacial score (nSPS) is 25.2. The molecule has 5 heteroatoms. The largest absolute Gasteiger partial charge is 0.369 e. The van der Waals surface area contributed by atoms with Gasteiger partial charge in [0.1, 0.15) is 0 Å². The van der Waals surface area contributed by atoms with Gasteiger partial charge in [-0.15, -0.1) is 12.4 Å². The monoisotopic (exact) mass is 366 g/mol. The second-order valence-electron chi connectivity index (χ2n) is 7.93. The predicted molar refractivity (Wildman–Crippen MR) is 110 cm³/mol. The molecule has 2 N–H and O–H groups in total. The number of anilines is 1. The Kier molecular flexibility index (Phi) is 7.56. The van der Waals surface area contributed by atoms with Crippen LogP contribution in [-0.2, 0) is 6.54 Å². The topological polar surface area (TPSA) is 35.7 Å². The zero-order valence-electron chi connectivity index (χ0n) is 15.9. The molecule has 0 aromatic heterocycles. The van der Waals surface area contributed by atoms with Crippen LogP contribution in [0.4, 0.5) is 5.69 Å². The average molecular weight is 367 g/mol. The van der Waals surface area contributed by atoms with Crippen molar-refractivity contribution in [2.75, 3.05) is 57.3 Å². The minimum atomic E-state index is 0. The van der Waals surface area contributed by atoms with E-state index in [1.54, 1.807) is 0 Å². The molecule has 0 bridgehead atoms. The van der Waals surface area contributed by atoms with Crippen LogP contribution in [-0.4, -0.2) is 62.2 Å². The van der Waals surface area contributed by atoms with Crippen molar-refractivity contribution in [3.05, 3.63) is 29.8 Å². The van der Waals surface area contributed by atoms with Crippen molar-refractivity contribution in [3.8, 4) is 0 Å². The van der Waals surface area contributed by atoms with Crippen LogP contribution in [0.1, 0.15) is 32.3 Å². The maximum Gasteiger partial charge on any atom is 0.0412 e. The van der Waals surface area contributed by atoms with Crippen molar-refractivity contribution in [1.82, 2.24) is 9.80 Å². The van der Waals surface area contributed by atoms with Crippen LogP contribution in [0.2, 0.25) is 0 Å². The van der Waals surface area contributed by atoms with Crippen molar-refractivity contribution < 1.29 is 0 Å². The summed E-state index contributed by atoms with van der Waals surface area (Å²) in [5, 5.41) is 0. The average Bonchev–Trinajstić information content (AvgIpc) is 2.98. The number of benzene rings is 1. The predicted octanol–water partition coefficient (Wildman–Crippen LogP) is 2.81. The third-order valence-electron chi connectivity index (χ3n) is 5.77. The zero-order chi connectivity index (χ0) is 17.0. The van der Waals surface area contributed by atoms with Crippen molar-refractivity contribution in [3.63, 3.8) is 0 Å². The number of hydrogen-bond donors (Lipinski definition) is 1. The SMILES string of the molecule is CCCN1CCN(c2ccccc2CN2CCC(C)(CN)C2)CC1.Cl. The molecule has 2 fully saturated rings. The maximum atomic E-state index is 5.97. The first kappa shape index (κ1) is 20.5. The molecule has 2 aliphatic heterocycles. The summed E-state index contributed by atoms with van der Waals surface area (Å²) in [6.45, 7) is 14.7. The summed E-state index contributed by atoms with van der Waals surface area (Å²) in [5.74, 6) is 0. The number of nitrogens with zero attached hydrogens (tertiary/aromatic N) is 3. The van der Waals surface area contributed by atoms with Crippen molar-refractivity contribution in [2.45, 2.75) is 33.2 Å². The Balaban J connectivity index is 0.00000225. The number of likely N-dealkylation sites (tertiary alicyclic amines) is 1. The summed E-state index contributed by atoms with van der Waals surface area (Å²) in [7, 11) is 0. The van der Waals surface area contributed by atoms with E-state index in [4.69, 9.17) is 5.73 Å². The fourth-order valence-electron chi connectivity index (χ4n) is 4.15. The molecule has 0 radical (unpaired) electrons. The fourth-order valence-corrected chi connectivity index (χ4v) is 4.15. The molecule has 1 aromatic rings. The molecule has 1 unspecified atom stereocenters. The fraction of sp³-hybridized carbons (Fsp3) is 0.700. The highest BCUT2D eigenvalue weighted by molar-refractivity contribution is 5.85. The number of para-hydroxylation sites is 1. The summed E-state index contributed by atoms with van der Waals surface area (Å²) in [6, 6.07) is 8.99. The van der Waals surface area contributed by atoms with Gasteiger partial charge in [0.25, 0.3) is 0 Å². The lowest BCUT2D eigenvalue weighted by Gasteiger charge is -2.37. The van der Waals surface area contributed by atoms with Gasteiger partial charge < -0.3 is 10.6 Å². The van der Waals surface area contributed by atoms with Gasteiger partial charge in [0.15, 0.2) is 0 Å². The lowest BCUT2D eigenvalue weighted by molar-refractivity contribution is 0.257. The van der Waals surface area contributed by atoms with Crippen molar-refractivity contribution >= 4 is 18.1 Å². The molecule has 0 spiro atoms. The summed E-state index contributed by atoms with van der Waals surface area (Å²) >= 11 is 0. The second-order valence-corrected chi connectivity index (χ2v) is 7.93. The molecule has 3 rings (SSSR count). The van der Waals surface area contributed by atoms with E-state index in [9.17, 15) is 0 Å². The Bertz CT molecular complexity index is 530. The minimum absolute atomic E-state index is 0. The third-order valence-corrected chi connectivity index (χ3v) is 5.77. The van der Waals surface area contributed by atoms with Crippen LogP contribution >= 0.6 is 12.4 Å². The lowest BCUT2D eigenvalue weighted by atomic mass is 9.90. The van der Waals surface area contributed by atoms with Gasteiger partial charge in [-0.05, 0) is 49.5 Å². The molecule has 142 valence electrons. The summed E-state index contributed by atoms with van der Waals surface area (Å²) in [4.78, 5) is 7.75. The van der Waals surface area contributed by atoms with Gasteiger partial charge in [-0.1, -0.05) is 32.0 Å². The Morgan fingerprint density at radius 1 is 1.04 bits per heavy atom. The standard InChI is InChI=1S/C20H34N4.ClH/c1-3-9-22-11-13-24(14-12-22)19-7-5-4-6-18(19)15-23-10-8-20(2,16-21)17-23;/h4-7H,3,8-17,21H2,1-2H3;1H. The molecule has 2 aliphatic rings. The molecule has 4 nitrogen and oxygen atoms in total. The summed E-state index contributed by atoms with van der Waals surface area (Å²) in [6.07, 6.45) is 2.48. The van der Waals surface area contributed by atoms with Gasteiger partial charge in [0.05, 0.1) is 0 Å². The smallest absolute Gasteiger partial charge is 0.0412 e. The lowest BCUT2D eigenvalue weighted by Crippen LogP contribution is -2.47. The number of nitrogens with two attached hydrogens (primary N) is 1. The van der Waals surface area contributed by atoms with E-state index in [0.29, 0.717) is 5.41 Å². The van der Waals surface area contributed by atoms with Gasteiger partial charge in [-0.25, -0.2) is 0 Å². The highest BCUT2D eigenvalue weighted by atomic mass is 35.5. The summed E-state index contributed by atoms with van der Waals surface area (Å²) in [5.41, 5.74) is 9.19. The van der Waals surface area contributed by atoms with Gasteiger partial charge >= 0.3 is 0 Å². The van der Waals surface area contributed by atoms with Gasteiger partial charge in [0.2, 0.25) is 0 Å². The molecule has 2 saturated heterocycles. The first-order valence-corrected chi connectivity index (χ1v) is 9.61.